The van der Waals surface area contributed by atoms with Crippen LogP contribution in [0, 0.1) is 0 Å². The van der Waals surface area contributed by atoms with Crippen molar-refractivity contribution in [3.05, 3.63) is 58.1 Å². The Bertz CT molecular complexity index is 630. The molecule has 0 saturated carbocycles. The van der Waals surface area contributed by atoms with Gasteiger partial charge in [0.05, 0.1) is 0 Å². The molecule has 98 valence electrons. The second kappa shape index (κ2) is 5.43. The smallest absolute Gasteiger partial charge is 0.158 e. The molecular weight excluding hydrogens is 287 g/mol. The Morgan fingerprint density at radius 1 is 0.737 bits per heavy atom. The van der Waals surface area contributed by atoms with Crippen molar-refractivity contribution in [3.8, 4) is 17.2 Å². The van der Waals surface area contributed by atoms with Crippen molar-refractivity contribution in [1.29, 1.82) is 0 Å². The zero-order chi connectivity index (χ0) is 14.0. The van der Waals surface area contributed by atoms with Crippen LogP contribution >= 0.6 is 23.2 Å². The molecule has 0 unspecified atom stereocenters. The highest BCUT2D eigenvalue weighted by Gasteiger charge is 2.11. The lowest BCUT2D eigenvalue weighted by Gasteiger charge is -2.10. The fourth-order valence-corrected chi connectivity index (χ4v) is 2.13. The van der Waals surface area contributed by atoms with Gasteiger partial charge in [-0.1, -0.05) is 41.4 Å². The molecule has 5 heteroatoms. The SMILES string of the molecule is Oc1ccc(C(=C(Cl)Cl)c2ccc(O)c(O)c2)cc1. The van der Waals surface area contributed by atoms with E-state index in [9.17, 15) is 15.3 Å². The van der Waals surface area contributed by atoms with E-state index in [1.807, 2.05) is 0 Å². The molecular formula is C14H10Cl2O3. The minimum absolute atomic E-state index is 0.0239. The van der Waals surface area contributed by atoms with Crippen molar-refractivity contribution in [2.24, 2.45) is 0 Å². The van der Waals surface area contributed by atoms with Crippen LogP contribution in [-0.4, -0.2) is 15.3 Å². The van der Waals surface area contributed by atoms with Crippen molar-refractivity contribution in [1.82, 2.24) is 0 Å². The predicted molar refractivity (Wildman–Crippen MR) is 75.6 cm³/mol. The van der Waals surface area contributed by atoms with E-state index in [2.05, 4.69) is 0 Å². The molecule has 2 aromatic carbocycles. The van der Waals surface area contributed by atoms with Crippen LogP contribution < -0.4 is 0 Å². The molecule has 0 amide bonds. The lowest BCUT2D eigenvalue weighted by atomic mass is 9.99. The van der Waals surface area contributed by atoms with Gasteiger partial charge in [0.15, 0.2) is 11.5 Å². The van der Waals surface area contributed by atoms with E-state index >= 15 is 0 Å². The Labute approximate surface area is 120 Å². The molecule has 0 aliphatic heterocycles. The van der Waals surface area contributed by atoms with Gasteiger partial charge in [-0.2, -0.15) is 0 Å². The summed E-state index contributed by atoms with van der Waals surface area (Å²) >= 11 is 11.8. The second-order valence-electron chi connectivity index (χ2n) is 3.89. The number of rotatable bonds is 2. The van der Waals surface area contributed by atoms with E-state index in [4.69, 9.17) is 23.2 Å². The monoisotopic (exact) mass is 296 g/mol. The van der Waals surface area contributed by atoms with Crippen LogP contribution in [0.25, 0.3) is 5.57 Å². The van der Waals surface area contributed by atoms with Gasteiger partial charge in [0, 0.05) is 5.57 Å². The Balaban J connectivity index is 2.56. The highest BCUT2D eigenvalue weighted by Crippen LogP contribution is 2.35. The molecule has 3 nitrogen and oxygen atoms in total. The van der Waals surface area contributed by atoms with E-state index in [0.29, 0.717) is 16.7 Å². The lowest BCUT2D eigenvalue weighted by Crippen LogP contribution is -1.89. The molecule has 2 aromatic rings. The van der Waals surface area contributed by atoms with Crippen LogP contribution in [-0.2, 0) is 0 Å². The number of phenols is 3. The van der Waals surface area contributed by atoms with E-state index < -0.39 is 0 Å². The third-order valence-electron chi connectivity index (χ3n) is 2.61. The van der Waals surface area contributed by atoms with Crippen LogP contribution in [0.3, 0.4) is 0 Å². The average molecular weight is 297 g/mol. The minimum Gasteiger partial charge on any atom is -0.508 e. The summed E-state index contributed by atoms with van der Waals surface area (Å²) in [6.45, 7) is 0. The van der Waals surface area contributed by atoms with Gasteiger partial charge in [0.1, 0.15) is 10.2 Å². The molecule has 0 fully saturated rings. The number of halogens is 2. The quantitative estimate of drug-likeness (QED) is 0.734. The summed E-state index contributed by atoms with van der Waals surface area (Å²) < 4.78 is 0.0239. The van der Waals surface area contributed by atoms with E-state index in [1.165, 1.54) is 24.3 Å². The van der Waals surface area contributed by atoms with Crippen LogP contribution in [0.5, 0.6) is 17.2 Å². The molecule has 0 bridgehead atoms. The van der Waals surface area contributed by atoms with Gasteiger partial charge in [-0.05, 0) is 35.4 Å². The standard InChI is InChI=1S/C14H10Cl2O3/c15-14(16)13(8-1-4-10(17)5-2-8)9-3-6-11(18)12(19)7-9/h1-7,17-19H. The summed E-state index contributed by atoms with van der Waals surface area (Å²) in [7, 11) is 0. The Hall–Kier alpha value is -1.84. The largest absolute Gasteiger partial charge is 0.508 e. The van der Waals surface area contributed by atoms with Gasteiger partial charge in [-0.3, -0.25) is 0 Å². The summed E-state index contributed by atoms with van der Waals surface area (Å²) in [6, 6.07) is 10.6. The molecule has 0 aromatic heterocycles. The van der Waals surface area contributed by atoms with Gasteiger partial charge in [-0.15, -0.1) is 0 Å². The maximum Gasteiger partial charge on any atom is 0.158 e. The number of benzene rings is 2. The third-order valence-corrected chi connectivity index (χ3v) is 2.99. The van der Waals surface area contributed by atoms with Crippen molar-refractivity contribution in [2.45, 2.75) is 0 Å². The number of phenolic OH excluding ortho intramolecular Hbond substituents is 3. The fraction of sp³-hybridized carbons (Fsp3) is 0. The molecule has 0 heterocycles. The maximum atomic E-state index is 9.52. The van der Waals surface area contributed by atoms with Crippen molar-refractivity contribution in [3.63, 3.8) is 0 Å². The summed E-state index contributed by atoms with van der Waals surface area (Å²) in [5.41, 5.74) is 1.74. The summed E-state index contributed by atoms with van der Waals surface area (Å²) in [5, 5.41) is 28.1. The Morgan fingerprint density at radius 3 is 1.84 bits per heavy atom. The van der Waals surface area contributed by atoms with Crippen LogP contribution in [0.1, 0.15) is 11.1 Å². The molecule has 2 rings (SSSR count). The first kappa shape index (κ1) is 13.6. The molecule has 0 spiro atoms. The van der Waals surface area contributed by atoms with Crippen LogP contribution in [0.4, 0.5) is 0 Å². The fourth-order valence-electron chi connectivity index (χ4n) is 1.69. The Kier molecular flexibility index (Phi) is 3.88. The van der Waals surface area contributed by atoms with E-state index in [0.717, 1.165) is 0 Å². The molecule has 3 N–H and O–H groups in total. The minimum atomic E-state index is -0.261. The number of hydrogen-bond donors (Lipinski definition) is 3. The van der Waals surface area contributed by atoms with Gasteiger partial charge >= 0.3 is 0 Å². The zero-order valence-electron chi connectivity index (χ0n) is 9.64. The zero-order valence-corrected chi connectivity index (χ0v) is 11.2. The first-order chi connectivity index (χ1) is 8.99. The lowest BCUT2D eigenvalue weighted by molar-refractivity contribution is 0.403. The third kappa shape index (κ3) is 2.95. The van der Waals surface area contributed by atoms with Gasteiger partial charge < -0.3 is 15.3 Å². The summed E-state index contributed by atoms with van der Waals surface area (Å²) in [6.07, 6.45) is 0. The van der Waals surface area contributed by atoms with Gasteiger partial charge in [-0.25, -0.2) is 0 Å². The van der Waals surface area contributed by atoms with Gasteiger partial charge in [0.25, 0.3) is 0 Å². The second-order valence-corrected chi connectivity index (χ2v) is 4.84. The van der Waals surface area contributed by atoms with Crippen LogP contribution in [0.15, 0.2) is 47.0 Å². The molecule has 0 radical (unpaired) electrons. The van der Waals surface area contributed by atoms with E-state index in [-0.39, 0.29) is 21.7 Å². The molecule has 19 heavy (non-hydrogen) atoms. The topological polar surface area (TPSA) is 60.7 Å². The van der Waals surface area contributed by atoms with Crippen molar-refractivity contribution >= 4 is 28.8 Å². The molecule has 0 aliphatic rings. The highest BCUT2D eigenvalue weighted by molar-refractivity contribution is 6.59. The van der Waals surface area contributed by atoms with Gasteiger partial charge in [0.2, 0.25) is 0 Å². The van der Waals surface area contributed by atoms with Crippen LogP contribution in [0.2, 0.25) is 0 Å². The predicted octanol–water partition coefficient (Wildman–Crippen LogP) is 4.00. The summed E-state index contributed by atoms with van der Waals surface area (Å²) in [4.78, 5) is 0. The normalized spacial score (nSPS) is 10.2. The Morgan fingerprint density at radius 2 is 1.32 bits per heavy atom. The number of hydrogen-bond acceptors (Lipinski definition) is 3. The first-order valence-electron chi connectivity index (χ1n) is 5.36. The molecule has 0 saturated heterocycles. The molecule has 0 atom stereocenters. The average Bonchev–Trinajstić information content (AvgIpc) is 2.36. The number of aromatic hydroxyl groups is 3. The highest BCUT2D eigenvalue weighted by atomic mass is 35.5. The maximum absolute atomic E-state index is 9.52. The summed E-state index contributed by atoms with van der Waals surface area (Å²) in [5.74, 6) is -0.356. The van der Waals surface area contributed by atoms with E-state index in [1.54, 1.807) is 18.2 Å². The van der Waals surface area contributed by atoms with Crippen molar-refractivity contribution in [2.75, 3.05) is 0 Å². The first-order valence-corrected chi connectivity index (χ1v) is 6.11. The van der Waals surface area contributed by atoms with Crippen molar-refractivity contribution < 1.29 is 15.3 Å². The molecule has 0 aliphatic carbocycles.